The Hall–Kier alpha value is -2.95. The molecule has 2 heterocycles. The zero-order valence-electron chi connectivity index (χ0n) is 25.5. The minimum atomic E-state index is -1.95. The quantitative estimate of drug-likeness (QED) is 0.112. The molecule has 218 valence electrons. The lowest BCUT2D eigenvalue weighted by Crippen LogP contribution is -2.47. The van der Waals surface area contributed by atoms with Gasteiger partial charge in [-0.2, -0.15) is 0 Å². The lowest BCUT2D eigenvalue weighted by molar-refractivity contribution is 0.394. The van der Waals surface area contributed by atoms with Gasteiger partial charge in [-0.05, 0) is 91.5 Å². The van der Waals surface area contributed by atoms with E-state index in [1.54, 1.807) is 0 Å². The minimum Gasteiger partial charge on any atom is -0.543 e. The second-order valence-electron chi connectivity index (χ2n) is 11.6. The van der Waals surface area contributed by atoms with E-state index in [0.717, 1.165) is 57.6 Å². The van der Waals surface area contributed by atoms with Crippen molar-refractivity contribution in [2.75, 3.05) is 18.0 Å². The fourth-order valence-corrected chi connectivity index (χ4v) is 8.58. The van der Waals surface area contributed by atoms with Gasteiger partial charge in [0.25, 0.3) is 8.32 Å². The molecule has 7 nitrogen and oxygen atoms in total. The molecule has 0 aliphatic heterocycles. The number of anilines is 1. The number of thiophene rings is 1. The van der Waals surface area contributed by atoms with Crippen molar-refractivity contribution in [1.29, 1.82) is 0 Å². The van der Waals surface area contributed by atoms with Crippen LogP contribution in [0.2, 0.25) is 18.1 Å². The number of aromatic nitrogens is 1. The molecule has 10 heteroatoms. The Morgan fingerprint density at radius 2 is 1.44 bits per heavy atom. The molecular formula is C31H42N6OS2Si. The third-order valence-electron chi connectivity index (χ3n) is 7.99. The largest absolute Gasteiger partial charge is 0.543 e. The molecule has 2 aromatic carbocycles. The second kappa shape index (κ2) is 13.4. The molecule has 0 spiro atoms. The molecule has 0 aliphatic rings. The summed E-state index contributed by atoms with van der Waals surface area (Å²) in [5.74, 6) is 1.44. The molecule has 0 amide bonds. The van der Waals surface area contributed by atoms with Crippen LogP contribution >= 0.6 is 22.7 Å². The van der Waals surface area contributed by atoms with Crippen molar-refractivity contribution in [3.05, 3.63) is 54.6 Å². The van der Waals surface area contributed by atoms with E-state index in [1.807, 2.05) is 42.5 Å². The van der Waals surface area contributed by atoms with Gasteiger partial charge in [-0.1, -0.05) is 64.2 Å². The van der Waals surface area contributed by atoms with Gasteiger partial charge in [0, 0.05) is 18.8 Å². The Morgan fingerprint density at radius 3 is 2.00 bits per heavy atom. The summed E-state index contributed by atoms with van der Waals surface area (Å²) in [6, 6.07) is 18.2. The van der Waals surface area contributed by atoms with Crippen LogP contribution in [0.5, 0.6) is 5.75 Å². The van der Waals surface area contributed by atoms with E-state index in [1.165, 1.54) is 28.4 Å². The Morgan fingerprint density at radius 1 is 0.854 bits per heavy atom. The van der Waals surface area contributed by atoms with Gasteiger partial charge in [-0.25, -0.2) is 4.98 Å². The van der Waals surface area contributed by atoms with E-state index in [-0.39, 0.29) is 5.04 Å². The van der Waals surface area contributed by atoms with E-state index in [9.17, 15) is 0 Å². The van der Waals surface area contributed by atoms with E-state index in [0.29, 0.717) is 11.0 Å². The van der Waals surface area contributed by atoms with Gasteiger partial charge < -0.3 is 9.33 Å². The summed E-state index contributed by atoms with van der Waals surface area (Å²) in [7, 11) is -1.95. The Kier molecular flexibility index (Phi) is 10.1. The standard InChI is InChI=1S/C31H42N6OS2Si/c1-9-19-37(20-10-2)25-15-11-23(12-16-25)34-36-30-32-29-27(39-30)21-28(40-29)35-33-24-13-17-26(18-14-24)38-41(7,8)31(5,6)22(3)4/h11-18,21-22H,9-10,19-20H2,1-8H3. The van der Waals surface area contributed by atoms with Crippen LogP contribution < -0.4 is 9.33 Å². The number of hydrogen-bond donors (Lipinski definition) is 0. The number of benzene rings is 2. The molecule has 0 unspecified atom stereocenters. The molecule has 0 radical (unpaired) electrons. The molecule has 0 N–H and O–H groups in total. The van der Waals surface area contributed by atoms with Crippen LogP contribution in [0.15, 0.2) is 75.1 Å². The molecule has 4 rings (SSSR count). The predicted octanol–water partition coefficient (Wildman–Crippen LogP) is 11.8. The van der Waals surface area contributed by atoms with Gasteiger partial charge in [-0.3, -0.25) is 0 Å². The highest BCUT2D eigenvalue weighted by Crippen LogP contribution is 2.45. The molecule has 0 saturated heterocycles. The zero-order chi connectivity index (χ0) is 29.6. The first-order valence-electron chi connectivity index (χ1n) is 14.4. The average Bonchev–Trinajstić information content (AvgIpc) is 3.50. The summed E-state index contributed by atoms with van der Waals surface area (Å²) in [6.07, 6.45) is 2.26. The Balaban J connectivity index is 1.37. The number of thiazole rings is 1. The summed E-state index contributed by atoms with van der Waals surface area (Å²) in [5, 5.41) is 19.3. The summed E-state index contributed by atoms with van der Waals surface area (Å²) in [5.41, 5.74) is 2.84. The maximum atomic E-state index is 6.51. The Labute approximate surface area is 253 Å². The molecule has 0 saturated carbocycles. The van der Waals surface area contributed by atoms with Crippen LogP contribution in [0, 0.1) is 5.92 Å². The van der Waals surface area contributed by atoms with Crippen molar-refractivity contribution >= 4 is 67.7 Å². The number of rotatable bonds is 13. The van der Waals surface area contributed by atoms with Crippen LogP contribution in [-0.4, -0.2) is 26.4 Å². The topological polar surface area (TPSA) is 74.8 Å². The zero-order valence-corrected chi connectivity index (χ0v) is 28.1. The third kappa shape index (κ3) is 7.67. The summed E-state index contributed by atoms with van der Waals surface area (Å²) in [6.45, 7) is 20.3. The fourth-order valence-electron chi connectivity index (χ4n) is 4.35. The first kappa shape index (κ1) is 31.0. The highest BCUT2D eigenvalue weighted by atomic mass is 32.1. The van der Waals surface area contributed by atoms with E-state index in [4.69, 9.17) is 4.43 Å². The van der Waals surface area contributed by atoms with Gasteiger partial charge in [0.2, 0.25) is 5.13 Å². The molecule has 0 fully saturated rings. The summed E-state index contributed by atoms with van der Waals surface area (Å²) < 4.78 is 7.54. The first-order valence-corrected chi connectivity index (χ1v) is 18.9. The van der Waals surface area contributed by atoms with Crippen LogP contribution in [0.3, 0.4) is 0 Å². The smallest absolute Gasteiger partial charge is 0.251 e. The van der Waals surface area contributed by atoms with Crippen molar-refractivity contribution < 1.29 is 4.43 Å². The predicted molar refractivity (Wildman–Crippen MR) is 179 cm³/mol. The van der Waals surface area contributed by atoms with Gasteiger partial charge in [0.15, 0.2) is 0 Å². The fraction of sp³-hybridized carbons (Fsp3) is 0.452. The second-order valence-corrected chi connectivity index (χ2v) is 18.2. The van der Waals surface area contributed by atoms with Gasteiger partial charge in [0.1, 0.15) is 15.6 Å². The van der Waals surface area contributed by atoms with E-state index < -0.39 is 8.32 Å². The maximum Gasteiger partial charge on any atom is 0.251 e. The molecular weight excluding hydrogens is 565 g/mol. The van der Waals surface area contributed by atoms with Crippen LogP contribution in [-0.2, 0) is 0 Å². The van der Waals surface area contributed by atoms with Crippen LogP contribution in [0.1, 0.15) is 54.4 Å². The number of hydrogen-bond acceptors (Lipinski definition) is 9. The minimum absolute atomic E-state index is 0.155. The molecule has 0 atom stereocenters. The average molecular weight is 607 g/mol. The van der Waals surface area contributed by atoms with Crippen molar-refractivity contribution in [2.45, 2.75) is 72.5 Å². The number of nitrogens with zero attached hydrogens (tertiary/aromatic N) is 6. The van der Waals surface area contributed by atoms with E-state index in [2.05, 4.69) is 97.1 Å². The first-order chi connectivity index (χ1) is 19.5. The number of azo groups is 2. The van der Waals surface area contributed by atoms with Crippen molar-refractivity contribution in [3.8, 4) is 5.75 Å². The van der Waals surface area contributed by atoms with E-state index >= 15 is 0 Å². The third-order valence-corrected chi connectivity index (χ3v) is 14.3. The van der Waals surface area contributed by atoms with Gasteiger partial charge in [0.05, 0.1) is 16.1 Å². The van der Waals surface area contributed by atoms with Crippen molar-refractivity contribution in [1.82, 2.24) is 4.98 Å². The van der Waals surface area contributed by atoms with Crippen molar-refractivity contribution in [2.24, 2.45) is 26.4 Å². The summed E-state index contributed by atoms with van der Waals surface area (Å²) in [4.78, 5) is 7.93. The van der Waals surface area contributed by atoms with Crippen LogP contribution in [0.4, 0.5) is 27.2 Å². The number of fused-ring (bicyclic) bond motifs is 1. The molecule has 2 aromatic heterocycles. The summed E-state index contributed by atoms with van der Waals surface area (Å²) >= 11 is 3.01. The van der Waals surface area contributed by atoms with Gasteiger partial charge in [-0.15, -0.1) is 20.5 Å². The lowest BCUT2D eigenvalue weighted by atomic mass is 9.99. The monoisotopic (exact) mass is 606 g/mol. The normalized spacial score (nSPS) is 12.8. The molecule has 0 bridgehead atoms. The SMILES string of the molecule is CCCN(CCC)c1ccc(N=Nc2nc3sc(N=Nc4ccc(O[Si](C)(C)C(C)(C)C(C)C)cc4)cc3s2)cc1. The molecule has 0 aliphatic carbocycles. The maximum absolute atomic E-state index is 6.51. The Bertz CT molecular complexity index is 1440. The van der Waals surface area contributed by atoms with Crippen LogP contribution in [0.25, 0.3) is 9.53 Å². The van der Waals surface area contributed by atoms with Gasteiger partial charge >= 0.3 is 0 Å². The van der Waals surface area contributed by atoms with Crippen molar-refractivity contribution in [3.63, 3.8) is 0 Å². The molecule has 4 aromatic rings. The highest BCUT2D eigenvalue weighted by Gasteiger charge is 2.44. The lowest BCUT2D eigenvalue weighted by Gasteiger charge is -2.42. The highest BCUT2D eigenvalue weighted by molar-refractivity contribution is 7.30. The molecule has 41 heavy (non-hydrogen) atoms.